The fourth-order valence-electron chi connectivity index (χ4n) is 4.83. The Morgan fingerprint density at radius 2 is 1.90 bits per heavy atom. The zero-order chi connectivity index (χ0) is 21.7. The number of benzene rings is 1. The van der Waals surface area contributed by atoms with E-state index >= 15 is 0 Å². The second-order valence-corrected chi connectivity index (χ2v) is 9.16. The third-order valence-electron chi connectivity index (χ3n) is 6.47. The van der Waals surface area contributed by atoms with E-state index in [2.05, 4.69) is 0 Å². The Labute approximate surface area is 179 Å². The summed E-state index contributed by atoms with van der Waals surface area (Å²) in [5.41, 5.74) is 1.94. The van der Waals surface area contributed by atoms with Gasteiger partial charge in [-0.2, -0.15) is 0 Å². The highest BCUT2D eigenvalue weighted by molar-refractivity contribution is 5.89. The Bertz CT molecular complexity index is 744. The molecule has 1 aromatic carbocycles. The fraction of sp³-hybridized carbons (Fsp3) is 0.667. The van der Waals surface area contributed by atoms with Gasteiger partial charge in [0.25, 0.3) is 0 Å². The van der Waals surface area contributed by atoms with Crippen LogP contribution in [0.1, 0.15) is 68.3 Å². The molecule has 1 spiro atoms. The van der Waals surface area contributed by atoms with E-state index in [9.17, 15) is 9.59 Å². The first-order chi connectivity index (χ1) is 14.3. The molecule has 0 bridgehead atoms. The summed E-state index contributed by atoms with van der Waals surface area (Å²) in [5.74, 6) is 1.27. The Balaban J connectivity index is 1.33. The largest absolute Gasteiger partial charge is 0.493 e. The number of likely N-dealkylation sites (tertiary alicyclic amines) is 1. The smallest absolute Gasteiger partial charge is 0.410 e. The minimum absolute atomic E-state index is 0.0572. The van der Waals surface area contributed by atoms with E-state index < -0.39 is 0 Å². The van der Waals surface area contributed by atoms with Crippen LogP contribution in [0, 0.1) is 18.3 Å². The summed E-state index contributed by atoms with van der Waals surface area (Å²) in [6.07, 6.45) is 6.73. The number of hydrogen-bond donors (Lipinski definition) is 0. The van der Waals surface area contributed by atoms with Crippen LogP contribution in [0.5, 0.6) is 5.75 Å². The average molecular weight is 418 g/mol. The molecule has 2 aliphatic rings. The minimum atomic E-state index is -0.328. The second kappa shape index (κ2) is 9.71. The topological polar surface area (TPSA) is 65.1 Å². The van der Waals surface area contributed by atoms with Gasteiger partial charge in [0, 0.05) is 13.1 Å². The number of amides is 1. The monoisotopic (exact) mass is 417 g/mol. The molecule has 1 amide bonds. The van der Waals surface area contributed by atoms with Gasteiger partial charge in [-0.15, -0.1) is 0 Å². The van der Waals surface area contributed by atoms with Crippen molar-refractivity contribution in [3.8, 4) is 5.75 Å². The number of piperidine rings is 1. The molecule has 166 valence electrons. The number of carbonyl (C=O) groups excluding carboxylic acids is 2. The van der Waals surface area contributed by atoms with Crippen molar-refractivity contribution in [2.24, 2.45) is 11.3 Å². The maximum atomic E-state index is 12.0. The Kier molecular flexibility index (Phi) is 7.27. The molecule has 1 saturated heterocycles. The van der Waals surface area contributed by atoms with Gasteiger partial charge in [-0.25, -0.2) is 9.59 Å². The van der Waals surface area contributed by atoms with Crippen molar-refractivity contribution < 1.29 is 23.8 Å². The normalized spacial score (nSPS) is 18.2. The van der Waals surface area contributed by atoms with Crippen LogP contribution >= 0.6 is 0 Å². The lowest BCUT2D eigenvalue weighted by Crippen LogP contribution is -2.49. The number of esters is 1. The van der Waals surface area contributed by atoms with E-state index in [1.165, 1.54) is 26.4 Å². The van der Waals surface area contributed by atoms with Gasteiger partial charge in [0.05, 0.1) is 25.4 Å². The molecule has 2 fully saturated rings. The molecule has 0 N–H and O–H groups in total. The number of ether oxygens (including phenoxy) is 3. The van der Waals surface area contributed by atoms with Crippen LogP contribution in [0.2, 0.25) is 0 Å². The van der Waals surface area contributed by atoms with Gasteiger partial charge >= 0.3 is 12.1 Å². The van der Waals surface area contributed by atoms with Crippen LogP contribution in [0.25, 0.3) is 0 Å². The maximum absolute atomic E-state index is 12.0. The highest BCUT2D eigenvalue weighted by Crippen LogP contribution is 2.54. The third kappa shape index (κ3) is 5.46. The van der Waals surface area contributed by atoms with Crippen molar-refractivity contribution in [1.82, 2.24) is 4.90 Å². The van der Waals surface area contributed by atoms with Crippen LogP contribution in [-0.2, 0) is 9.47 Å². The van der Waals surface area contributed by atoms with Crippen LogP contribution in [0.4, 0.5) is 4.79 Å². The summed E-state index contributed by atoms with van der Waals surface area (Å²) < 4.78 is 16.0. The molecule has 6 heteroatoms. The predicted octanol–water partition coefficient (Wildman–Crippen LogP) is 4.98. The third-order valence-corrected chi connectivity index (χ3v) is 6.47. The molecule has 6 nitrogen and oxygen atoms in total. The van der Waals surface area contributed by atoms with E-state index in [0.717, 1.165) is 49.6 Å². The number of methoxy groups -OCH3 is 1. The Hall–Kier alpha value is -2.24. The zero-order valence-electron chi connectivity index (χ0n) is 18.7. The summed E-state index contributed by atoms with van der Waals surface area (Å²) in [4.78, 5) is 25.5. The predicted molar refractivity (Wildman–Crippen MR) is 115 cm³/mol. The standard InChI is InChI=1S/C24H35NO5/c1-17(2)30-23(27)25-11-9-24(10-12-25)15-19(16-24)6-5-13-29-21-8-7-20(14-18(21)3)22(26)28-4/h7-8,14,17,19H,5-6,9-13,15-16H2,1-4H3. The van der Waals surface area contributed by atoms with Crippen LogP contribution in [0.3, 0.4) is 0 Å². The van der Waals surface area contributed by atoms with Crippen molar-refractivity contribution in [3.05, 3.63) is 29.3 Å². The van der Waals surface area contributed by atoms with Gasteiger partial charge in [-0.05, 0) is 94.4 Å². The van der Waals surface area contributed by atoms with Crippen molar-refractivity contribution in [2.75, 3.05) is 26.8 Å². The van der Waals surface area contributed by atoms with E-state index in [4.69, 9.17) is 14.2 Å². The van der Waals surface area contributed by atoms with E-state index in [1.54, 1.807) is 12.1 Å². The number of nitrogens with zero attached hydrogens (tertiary/aromatic N) is 1. The summed E-state index contributed by atoms with van der Waals surface area (Å²) in [6.45, 7) is 8.06. The molecule has 0 radical (unpaired) electrons. The first-order valence-corrected chi connectivity index (χ1v) is 11.1. The fourth-order valence-corrected chi connectivity index (χ4v) is 4.83. The lowest BCUT2D eigenvalue weighted by molar-refractivity contribution is -0.0203. The summed E-state index contributed by atoms with van der Waals surface area (Å²) in [6, 6.07) is 5.39. The highest BCUT2D eigenvalue weighted by Gasteiger charge is 2.46. The molecule has 30 heavy (non-hydrogen) atoms. The molecule has 1 saturated carbocycles. The molecule has 0 atom stereocenters. The lowest BCUT2D eigenvalue weighted by atomic mass is 9.56. The number of carbonyl (C=O) groups is 2. The van der Waals surface area contributed by atoms with Gasteiger partial charge < -0.3 is 19.1 Å². The van der Waals surface area contributed by atoms with Gasteiger partial charge in [0.15, 0.2) is 0 Å². The molecule has 0 unspecified atom stereocenters. The summed E-state index contributed by atoms with van der Waals surface area (Å²) in [5, 5.41) is 0. The molecule has 3 rings (SSSR count). The molecule has 1 aromatic rings. The Morgan fingerprint density at radius 3 is 2.50 bits per heavy atom. The van der Waals surface area contributed by atoms with Crippen molar-refractivity contribution >= 4 is 12.1 Å². The number of rotatable bonds is 7. The van der Waals surface area contributed by atoms with Crippen LogP contribution < -0.4 is 4.74 Å². The molecule has 1 aliphatic heterocycles. The van der Waals surface area contributed by atoms with Gasteiger partial charge in [0.1, 0.15) is 5.75 Å². The first kappa shape index (κ1) is 22.4. The summed E-state index contributed by atoms with van der Waals surface area (Å²) >= 11 is 0. The van der Waals surface area contributed by atoms with Crippen LogP contribution in [-0.4, -0.2) is 49.9 Å². The molecule has 1 aliphatic carbocycles. The van der Waals surface area contributed by atoms with Crippen molar-refractivity contribution in [2.45, 2.75) is 65.4 Å². The number of aryl methyl sites for hydroxylation is 1. The molecular weight excluding hydrogens is 382 g/mol. The summed E-state index contributed by atoms with van der Waals surface area (Å²) in [7, 11) is 1.39. The highest BCUT2D eigenvalue weighted by atomic mass is 16.6. The SMILES string of the molecule is COC(=O)c1ccc(OCCCC2CC3(CCN(C(=O)OC(C)C)CC3)C2)c(C)c1. The number of hydrogen-bond acceptors (Lipinski definition) is 5. The van der Waals surface area contributed by atoms with Crippen molar-refractivity contribution in [1.29, 1.82) is 0 Å². The zero-order valence-corrected chi connectivity index (χ0v) is 18.7. The van der Waals surface area contributed by atoms with Crippen molar-refractivity contribution in [3.63, 3.8) is 0 Å². The second-order valence-electron chi connectivity index (χ2n) is 9.16. The van der Waals surface area contributed by atoms with Crippen LogP contribution in [0.15, 0.2) is 18.2 Å². The quantitative estimate of drug-likeness (QED) is 0.462. The Morgan fingerprint density at radius 1 is 1.20 bits per heavy atom. The minimum Gasteiger partial charge on any atom is -0.493 e. The van der Waals surface area contributed by atoms with E-state index in [0.29, 0.717) is 17.6 Å². The maximum Gasteiger partial charge on any atom is 0.410 e. The van der Waals surface area contributed by atoms with Gasteiger partial charge in [-0.1, -0.05) is 0 Å². The lowest BCUT2D eigenvalue weighted by Gasteiger charge is -2.52. The molecular formula is C24H35NO5. The first-order valence-electron chi connectivity index (χ1n) is 11.1. The van der Waals surface area contributed by atoms with E-state index in [1.807, 2.05) is 31.7 Å². The van der Waals surface area contributed by atoms with E-state index in [-0.39, 0.29) is 18.2 Å². The average Bonchev–Trinajstić information content (AvgIpc) is 2.69. The molecule has 0 aromatic heterocycles. The van der Waals surface area contributed by atoms with Gasteiger partial charge in [-0.3, -0.25) is 0 Å². The molecule has 1 heterocycles. The van der Waals surface area contributed by atoms with Gasteiger partial charge in [0.2, 0.25) is 0 Å².